The lowest BCUT2D eigenvalue weighted by Gasteiger charge is -2.34. The van der Waals surface area contributed by atoms with Crippen LogP contribution < -0.4 is 0 Å². The van der Waals surface area contributed by atoms with E-state index < -0.39 is 0 Å². The average Bonchev–Trinajstić information content (AvgIpc) is 3.26. The third-order valence-electron chi connectivity index (χ3n) is 6.30. The molecule has 0 spiro atoms. The van der Waals surface area contributed by atoms with E-state index in [4.69, 9.17) is 4.98 Å². The molecule has 1 saturated heterocycles. The molecule has 0 N–H and O–H groups in total. The van der Waals surface area contributed by atoms with Crippen LogP contribution in [-0.2, 0) is 6.54 Å². The Morgan fingerprint density at radius 1 is 0.909 bits per heavy atom. The maximum Gasteiger partial charge on any atom is 0.169 e. The van der Waals surface area contributed by atoms with Crippen molar-refractivity contribution in [1.82, 2.24) is 19.4 Å². The molecule has 4 nitrogen and oxygen atoms in total. The summed E-state index contributed by atoms with van der Waals surface area (Å²) in [6.07, 6.45) is 7.86. The maximum atomic E-state index is 13.6. The summed E-state index contributed by atoms with van der Waals surface area (Å²) in [6.45, 7) is 3.09. The van der Waals surface area contributed by atoms with Crippen LogP contribution in [0.1, 0.15) is 24.4 Å². The molecule has 5 rings (SSSR count). The normalized spacial score (nSPS) is 15.1. The molecule has 168 valence electrons. The van der Waals surface area contributed by atoms with Gasteiger partial charge >= 0.3 is 0 Å². The van der Waals surface area contributed by atoms with E-state index in [1.807, 2.05) is 36.7 Å². The Balaban J connectivity index is 1.49. The van der Waals surface area contributed by atoms with Crippen LogP contribution in [-0.4, -0.2) is 38.8 Å². The Kier molecular flexibility index (Phi) is 6.55. The summed E-state index contributed by atoms with van der Waals surface area (Å²) >= 11 is 1.67. The van der Waals surface area contributed by atoms with Crippen LogP contribution in [0.3, 0.4) is 0 Å². The van der Waals surface area contributed by atoms with E-state index in [9.17, 15) is 4.39 Å². The topological polar surface area (TPSA) is 34.0 Å². The zero-order valence-corrected chi connectivity index (χ0v) is 19.5. The van der Waals surface area contributed by atoms with E-state index in [2.05, 4.69) is 51.0 Å². The van der Waals surface area contributed by atoms with E-state index in [1.165, 1.54) is 17.7 Å². The van der Waals surface area contributed by atoms with E-state index >= 15 is 0 Å². The second kappa shape index (κ2) is 9.89. The number of imidazole rings is 1. The van der Waals surface area contributed by atoms with Crippen molar-refractivity contribution in [2.45, 2.75) is 30.6 Å². The number of nitrogens with zero attached hydrogens (tertiary/aromatic N) is 4. The molecule has 2 aromatic heterocycles. The van der Waals surface area contributed by atoms with Crippen molar-refractivity contribution < 1.29 is 4.39 Å². The van der Waals surface area contributed by atoms with Crippen LogP contribution in [0.4, 0.5) is 4.39 Å². The fourth-order valence-electron chi connectivity index (χ4n) is 4.67. The molecule has 0 amide bonds. The molecule has 4 aromatic rings. The first kappa shape index (κ1) is 21.9. The highest BCUT2D eigenvalue weighted by Gasteiger charge is 2.28. The Bertz CT molecular complexity index is 1180. The first-order valence-electron chi connectivity index (χ1n) is 11.3. The largest absolute Gasteiger partial charge is 0.315 e. The molecule has 0 atom stereocenters. The van der Waals surface area contributed by atoms with Crippen molar-refractivity contribution in [2.24, 2.45) is 0 Å². The van der Waals surface area contributed by atoms with E-state index in [0.29, 0.717) is 6.04 Å². The van der Waals surface area contributed by atoms with Gasteiger partial charge in [-0.2, -0.15) is 0 Å². The van der Waals surface area contributed by atoms with Crippen molar-refractivity contribution >= 4 is 11.8 Å². The maximum absolute atomic E-state index is 13.6. The van der Waals surface area contributed by atoms with E-state index in [0.717, 1.165) is 60.1 Å². The van der Waals surface area contributed by atoms with Crippen LogP contribution in [0, 0.1) is 5.82 Å². The van der Waals surface area contributed by atoms with Crippen LogP contribution in [0.5, 0.6) is 0 Å². The van der Waals surface area contributed by atoms with Crippen molar-refractivity contribution in [3.05, 3.63) is 90.5 Å². The van der Waals surface area contributed by atoms with Crippen molar-refractivity contribution in [1.29, 1.82) is 0 Å². The highest BCUT2D eigenvalue weighted by atomic mass is 32.2. The van der Waals surface area contributed by atoms with Crippen LogP contribution in [0.25, 0.3) is 22.5 Å². The highest BCUT2D eigenvalue weighted by Crippen LogP contribution is 2.40. The summed E-state index contributed by atoms with van der Waals surface area (Å²) in [7, 11) is 0. The summed E-state index contributed by atoms with van der Waals surface area (Å²) in [4.78, 5) is 11.8. The average molecular weight is 459 g/mol. The van der Waals surface area contributed by atoms with Crippen LogP contribution in [0.2, 0.25) is 0 Å². The Morgan fingerprint density at radius 2 is 1.61 bits per heavy atom. The third kappa shape index (κ3) is 4.72. The zero-order chi connectivity index (χ0) is 22.6. The molecule has 0 aliphatic carbocycles. The number of halogens is 1. The molecule has 0 unspecified atom stereocenters. The summed E-state index contributed by atoms with van der Waals surface area (Å²) in [6, 6.07) is 21.8. The number of likely N-dealkylation sites (tertiary alicyclic amines) is 1. The number of benzene rings is 2. The lowest BCUT2D eigenvalue weighted by atomic mass is 10.0. The Hall–Kier alpha value is -2.96. The summed E-state index contributed by atoms with van der Waals surface area (Å²) in [5, 5.41) is 1.00. The Labute approximate surface area is 198 Å². The number of rotatable bonds is 6. The predicted octanol–water partition coefficient (Wildman–Crippen LogP) is 6.31. The van der Waals surface area contributed by atoms with Crippen molar-refractivity contribution in [2.75, 3.05) is 19.3 Å². The first-order valence-corrected chi connectivity index (χ1v) is 12.5. The predicted molar refractivity (Wildman–Crippen MR) is 133 cm³/mol. The fourth-order valence-corrected chi connectivity index (χ4v) is 5.29. The van der Waals surface area contributed by atoms with Gasteiger partial charge in [0.1, 0.15) is 5.82 Å². The van der Waals surface area contributed by atoms with Gasteiger partial charge in [-0.1, -0.05) is 42.1 Å². The standard InChI is InChI=1S/C27H27FN4S/c1-33-27-30-25(21-7-9-23(28)10-8-21)26(22-11-15-29-16-12-22)32(27)24-13-17-31(18-14-24)19-20-5-3-2-4-6-20/h2-12,15-16,24H,13-14,17-19H2,1H3. The number of thioether (sulfide) groups is 1. The quantitative estimate of drug-likeness (QED) is 0.317. The van der Waals surface area contributed by atoms with Gasteiger partial charge in [-0.3, -0.25) is 9.88 Å². The second-order valence-corrected chi connectivity index (χ2v) is 9.17. The molecule has 6 heteroatoms. The second-order valence-electron chi connectivity index (χ2n) is 8.40. The van der Waals surface area contributed by atoms with Crippen LogP contribution >= 0.6 is 11.8 Å². The summed E-state index contributed by atoms with van der Waals surface area (Å²) in [5.74, 6) is -0.237. The minimum Gasteiger partial charge on any atom is -0.315 e. The molecule has 0 radical (unpaired) electrons. The summed E-state index contributed by atoms with van der Waals surface area (Å²) in [5.41, 5.74) is 5.37. The molecular weight excluding hydrogens is 431 g/mol. The molecule has 1 fully saturated rings. The molecule has 3 heterocycles. The van der Waals surface area contributed by atoms with Gasteiger partial charge in [-0.25, -0.2) is 9.37 Å². The lowest BCUT2D eigenvalue weighted by molar-refractivity contribution is 0.176. The van der Waals surface area contributed by atoms with E-state index in [-0.39, 0.29) is 5.82 Å². The van der Waals surface area contributed by atoms with Gasteiger partial charge in [0.25, 0.3) is 0 Å². The number of hydrogen-bond donors (Lipinski definition) is 0. The molecule has 0 saturated carbocycles. The van der Waals surface area contributed by atoms with Gasteiger partial charge in [-0.15, -0.1) is 0 Å². The lowest BCUT2D eigenvalue weighted by Crippen LogP contribution is -2.34. The molecule has 1 aliphatic rings. The van der Waals surface area contributed by atoms with Gasteiger partial charge in [0.2, 0.25) is 0 Å². The monoisotopic (exact) mass is 458 g/mol. The van der Waals surface area contributed by atoms with Crippen molar-refractivity contribution in [3.63, 3.8) is 0 Å². The van der Waals surface area contributed by atoms with Crippen molar-refractivity contribution in [3.8, 4) is 22.5 Å². The smallest absolute Gasteiger partial charge is 0.169 e. The molecular formula is C27H27FN4S. The fraction of sp³-hybridized carbons (Fsp3) is 0.259. The number of piperidine rings is 1. The van der Waals surface area contributed by atoms with Gasteiger partial charge in [0.15, 0.2) is 5.16 Å². The van der Waals surface area contributed by atoms with Gasteiger partial charge in [0.05, 0.1) is 11.4 Å². The summed E-state index contributed by atoms with van der Waals surface area (Å²) < 4.78 is 16.0. The molecule has 1 aliphatic heterocycles. The highest BCUT2D eigenvalue weighted by molar-refractivity contribution is 7.98. The van der Waals surface area contributed by atoms with Gasteiger partial charge < -0.3 is 4.57 Å². The van der Waals surface area contributed by atoms with E-state index in [1.54, 1.807) is 11.8 Å². The Morgan fingerprint density at radius 3 is 2.27 bits per heavy atom. The number of pyridine rings is 1. The van der Waals surface area contributed by atoms with Gasteiger partial charge in [-0.05, 0) is 61.1 Å². The molecule has 33 heavy (non-hydrogen) atoms. The van der Waals surface area contributed by atoms with Crippen LogP contribution in [0.15, 0.2) is 84.3 Å². The van der Waals surface area contributed by atoms with Gasteiger partial charge in [0, 0.05) is 49.2 Å². The first-order chi connectivity index (χ1) is 16.2. The number of hydrogen-bond acceptors (Lipinski definition) is 4. The molecule has 0 bridgehead atoms. The minimum atomic E-state index is -0.237. The molecule has 2 aromatic carbocycles. The minimum absolute atomic E-state index is 0.237. The third-order valence-corrected chi connectivity index (χ3v) is 6.96. The zero-order valence-electron chi connectivity index (χ0n) is 18.7. The SMILES string of the molecule is CSc1nc(-c2ccc(F)cc2)c(-c2ccncc2)n1C1CCN(Cc2ccccc2)CC1. The number of aromatic nitrogens is 3.